The van der Waals surface area contributed by atoms with Gasteiger partial charge in [-0.15, -0.1) is 0 Å². The highest BCUT2D eigenvalue weighted by atomic mass is 16.5. The average molecular weight is 330 g/mol. The van der Waals surface area contributed by atoms with Crippen LogP contribution < -0.4 is 0 Å². The fraction of sp³-hybridized carbons (Fsp3) is 0.684. The largest absolute Gasteiger partial charge is 0.380 e. The minimum Gasteiger partial charge on any atom is -0.380 e. The number of hydrogen-bond acceptors (Lipinski definition) is 4. The molecule has 1 aliphatic carbocycles. The number of hydrogen-bond donors (Lipinski definition) is 0. The normalized spacial score (nSPS) is 30.0. The molecule has 5 nitrogen and oxygen atoms in total. The predicted molar refractivity (Wildman–Crippen MR) is 89.7 cm³/mol. The van der Waals surface area contributed by atoms with Crippen LogP contribution in [0.1, 0.15) is 42.5 Å². The van der Waals surface area contributed by atoms with E-state index in [1.807, 2.05) is 4.90 Å². The van der Waals surface area contributed by atoms with Gasteiger partial charge in [0.2, 0.25) is 0 Å². The van der Waals surface area contributed by atoms with Gasteiger partial charge in [-0.05, 0) is 50.2 Å². The summed E-state index contributed by atoms with van der Waals surface area (Å²) in [5.74, 6) is 0.866. The molecule has 0 unspecified atom stereocenters. The van der Waals surface area contributed by atoms with Crippen LogP contribution in [-0.4, -0.2) is 54.8 Å². The maximum absolute atomic E-state index is 12.8. The number of fused-ring (bicyclic) bond motifs is 1. The molecular formula is C19H26N2O3. The third kappa shape index (κ3) is 3.33. The van der Waals surface area contributed by atoms with Crippen molar-refractivity contribution in [2.45, 2.75) is 38.2 Å². The van der Waals surface area contributed by atoms with E-state index in [-0.39, 0.29) is 17.4 Å². The second kappa shape index (κ2) is 6.81. The van der Waals surface area contributed by atoms with Crippen LogP contribution in [0, 0.1) is 11.3 Å². The van der Waals surface area contributed by atoms with Crippen LogP contribution in [0.3, 0.4) is 0 Å². The maximum atomic E-state index is 12.8. The minimum atomic E-state index is -0.0337. The monoisotopic (exact) mass is 330 g/mol. The minimum absolute atomic E-state index is 0.0337. The molecule has 0 spiro atoms. The van der Waals surface area contributed by atoms with Crippen molar-refractivity contribution >= 4 is 5.91 Å². The van der Waals surface area contributed by atoms with E-state index in [0.717, 1.165) is 51.5 Å². The van der Waals surface area contributed by atoms with Gasteiger partial charge in [0.1, 0.15) is 0 Å². The van der Waals surface area contributed by atoms with Gasteiger partial charge >= 0.3 is 0 Å². The smallest absolute Gasteiger partial charge is 0.253 e. The Bertz CT molecular complexity index is 575. The van der Waals surface area contributed by atoms with Gasteiger partial charge in [-0.25, -0.2) is 0 Å². The van der Waals surface area contributed by atoms with E-state index in [2.05, 4.69) is 4.98 Å². The number of carbonyl (C=O) groups excluding carboxylic acids is 1. The number of piperidine rings is 1. The summed E-state index contributed by atoms with van der Waals surface area (Å²) in [5.41, 5.74) is 0.683. The molecule has 130 valence electrons. The Morgan fingerprint density at radius 2 is 2.17 bits per heavy atom. The van der Waals surface area contributed by atoms with Crippen molar-refractivity contribution in [1.29, 1.82) is 0 Å². The Hall–Kier alpha value is -1.46. The SMILES string of the molecule is O=C(c1ccncc1)N1CC[C@H]2OCCC[C@]2(COCC2CC2)C1. The van der Waals surface area contributed by atoms with Crippen molar-refractivity contribution in [3.05, 3.63) is 30.1 Å². The van der Waals surface area contributed by atoms with E-state index >= 15 is 0 Å². The summed E-state index contributed by atoms with van der Waals surface area (Å²) in [6.45, 7) is 3.92. The van der Waals surface area contributed by atoms with Crippen molar-refractivity contribution in [3.8, 4) is 0 Å². The second-order valence-electron chi connectivity index (χ2n) is 7.54. The van der Waals surface area contributed by atoms with E-state index in [1.54, 1.807) is 24.5 Å². The highest BCUT2D eigenvalue weighted by molar-refractivity contribution is 5.94. The van der Waals surface area contributed by atoms with Crippen molar-refractivity contribution in [2.75, 3.05) is 32.9 Å². The summed E-state index contributed by atoms with van der Waals surface area (Å²) in [5, 5.41) is 0. The number of pyridine rings is 1. The molecule has 2 aliphatic heterocycles. The maximum Gasteiger partial charge on any atom is 0.253 e. The molecule has 24 heavy (non-hydrogen) atoms. The van der Waals surface area contributed by atoms with Crippen LogP contribution in [0.25, 0.3) is 0 Å². The standard InChI is InChI=1S/C19H26N2O3/c22-18(16-4-8-20-9-5-16)21-10-6-17-19(13-21,7-1-11-24-17)14-23-12-15-2-3-15/h4-5,8-9,15,17H,1-3,6-7,10-14H2/t17-,19-/m1/s1. The molecule has 3 aliphatic rings. The first-order valence-electron chi connectivity index (χ1n) is 9.15. The number of carbonyl (C=O) groups is 1. The van der Waals surface area contributed by atoms with Gasteiger partial charge in [-0.1, -0.05) is 0 Å². The summed E-state index contributed by atoms with van der Waals surface area (Å²) in [6.07, 6.45) is 9.24. The van der Waals surface area contributed by atoms with Crippen LogP contribution in [0.15, 0.2) is 24.5 Å². The average Bonchev–Trinajstić information content (AvgIpc) is 3.45. The molecular weight excluding hydrogens is 304 g/mol. The summed E-state index contributed by atoms with van der Waals surface area (Å²) in [7, 11) is 0. The first-order chi connectivity index (χ1) is 11.8. The first-order valence-corrected chi connectivity index (χ1v) is 9.15. The fourth-order valence-corrected chi connectivity index (χ4v) is 4.06. The molecule has 5 heteroatoms. The molecule has 2 atom stereocenters. The fourth-order valence-electron chi connectivity index (χ4n) is 4.06. The Balaban J connectivity index is 1.46. The molecule has 0 bridgehead atoms. The highest BCUT2D eigenvalue weighted by Crippen LogP contribution is 2.41. The predicted octanol–water partition coefficient (Wildman–Crippen LogP) is 2.52. The summed E-state index contributed by atoms with van der Waals surface area (Å²) < 4.78 is 12.1. The van der Waals surface area contributed by atoms with E-state index in [9.17, 15) is 4.79 Å². The molecule has 4 rings (SSSR count). The third-order valence-electron chi connectivity index (χ3n) is 5.64. The lowest BCUT2D eigenvalue weighted by Crippen LogP contribution is -2.58. The van der Waals surface area contributed by atoms with Crippen LogP contribution in [0.2, 0.25) is 0 Å². The van der Waals surface area contributed by atoms with Gasteiger partial charge in [0, 0.05) is 49.7 Å². The summed E-state index contributed by atoms with van der Waals surface area (Å²) in [6, 6.07) is 3.59. The van der Waals surface area contributed by atoms with Gasteiger partial charge in [0.05, 0.1) is 12.7 Å². The molecule has 3 fully saturated rings. The van der Waals surface area contributed by atoms with Gasteiger partial charge in [-0.2, -0.15) is 0 Å². The lowest BCUT2D eigenvalue weighted by Gasteiger charge is -2.50. The summed E-state index contributed by atoms with van der Waals surface area (Å²) in [4.78, 5) is 18.8. The van der Waals surface area contributed by atoms with Crippen LogP contribution in [0.5, 0.6) is 0 Å². The Morgan fingerprint density at radius 1 is 1.33 bits per heavy atom. The summed E-state index contributed by atoms with van der Waals surface area (Å²) >= 11 is 0. The van der Waals surface area contributed by atoms with Gasteiger partial charge in [0.25, 0.3) is 5.91 Å². The molecule has 1 amide bonds. The number of amides is 1. The third-order valence-corrected chi connectivity index (χ3v) is 5.64. The molecule has 2 saturated heterocycles. The van der Waals surface area contributed by atoms with Gasteiger partial charge < -0.3 is 14.4 Å². The molecule has 0 N–H and O–H groups in total. The lowest BCUT2D eigenvalue weighted by atomic mass is 9.73. The number of likely N-dealkylation sites (tertiary alicyclic amines) is 1. The van der Waals surface area contributed by atoms with Gasteiger partial charge in [0.15, 0.2) is 0 Å². The molecule has 3 heterocycles. The molecule has 1 aromatic rings. The van der Waals surface area contributed by atoms with Crippen LogP contribution in [-0.2, 0) is 9.47 Å². The second-order valence-corrected chi connectivity index (χ2v) is 7.54. The first kappa shape index (κ1) is 16.0. The molecule has 1 aromatic heterocycles. The van der Waals surface area contributed by atoms with Crippen molar-refractivity contribution in [1.82, 2.24) is 9.88 Å². The number of aromatic nitrogens is 1. The van der Waals surface area contributed by atoms with Crippen molar-refractivity contribution in [3.63, 3.8) is 0 Å². The Kier molecular flexibility index (Phi) is 4.55. The lowest BCUT2D eigenvalue weighted by molar-refractivity contribution is -0.147. The van der Waals surface area contributed by atoms with E-state index in [4.69, 9.17) is 9.47 Å². The molecule has 0 aromatic carbocycles. The molecule has 0 radical (unpaired) electrons. The van der Waals surface area contributed by atoms with Crippen LogP contribution in [0.4, 0.5) is 0 Å². The van der Waals surface area contributed by atoms with E-state index in [1.165, 1.54) is 12.8 Å². The van der Waals surface area contributed by atoms with E-state index < -0.39 is 0 Å². The van der Waals surface area contributed by atoms with Gasteiger partial charge in [-0.3, -0.25) is 9.78 Å². The Morgan fingerprint density at radius 3 is 2.96 bits per heavy atom. The van der Waals surface area contributed by atoms with Crippen LogP contribution >= 0.6 is 0 Å². The number of ether oxygens (including phenoxy) is 2. The highest BCUT2D eigenvalue weighted by Gasteiger charge is 2.47. The Labute approximate surface area is 143 Å². The number of rotatable bonds is 5. The quantitative estimate of drug-likeness (QED) is 0.832. The molecule has 1 saturated carbocycles. The van der Waals surface area contributed by atoms with Crippen molar-refractivity contribution < 1.29 is 14.3 Å². The van der Waals surface area contributed by atoms with Crippen molar-refractivity contribution in [2.24, 2.45) is 11.3 Å². The number of nitrogens with zero attached hydrogens (tertiary/aromatic N) is 2. The van der Waals surface area contributed by atoms with E-state index in [0.29, 0.717) is 12.2 Å². The topological polar surface area (TPSA) is 51.7 Å². The zero-order chi connectivity index (χ0) is 16.4. The zero-order valence-corrected chi connectivity index (χ0v) is 14.2. The zero-order valence-electron chi connectivity index (χ0n) is 14.2.